The van der Waals surface area contributed by atoms with Gasteiger partial charge in [-0.3, -0.25) is 4.79 Å². The summed E-state index contributed by atoms with van der Waals surface area (Å²) in [6.07, 6.45) is 3.58. The van der Waals surface area contributed by atoms with Crippen LogP contribution in [0.5, 0.6) is 5.75 Å². The topological polar surface area (TPSA) is 46.5 Å². The Balaban J connectivity index is 2.18. The second-order valence-corrected chi connectivity index (χ2v) is 4.40. The van der Waals surface area contributed by atoms with Crippen LogP contribution in [0, 0.1) is 5.92 Å². The molecule has 90 valence electrons. The van der Waals surface area contributed by atoms with Crippen molar-refractivity contribution in [3.05, 3.63) is 35.4 Å². The van der Waals surface area contributed by atoms with Gasteiger partial charge in [0.25, 0.3) is 0 Å². The molecule has 0 spiro atoms. The van der Waals surface area contributed by atoms with Gasteiger partial charge in [0.2, 0.25) is 0 Å². The fourth-order valence-electron chi connectivity index (χ4n) is 2.13. The lowest BCUT2D eigenvalue weighted by molar-refractivity contribution is -0.140. The molecule has 1 aromatic carbocycles. The summed E-state index contributed by atoms with van der Waals surface area (Å²) in [5.74, 6) is -0.230. The molecule has 2 rings (SSSR count). The van der Waals surface area contributed by atoms with Crippen LogP contribution in [0.2, 0.25) is 0 Å². The van der Waals surface area contributed by atoms with Gasteiger partial charge in [0.1, 0.15) is 5.75 Å². The summed E-state index contributed by atoms with van der Waals surface area (Å²) in [5, 5.41) is 8.93. The number of benzene rings is 1. The SMILES string of the molecule is COc1ccc2c(c1)CC=C2CC(C)C(=O)O. The number of rotatable bonds is 4. The van der Waals surface area contributed by atoms with E-state index < -0.39 is 5.97 Å². The molecule has 0 saturated heterocycles. The van der Waals surface area contributed by atoms with Crippen molar-refractivity contribution in [3.8, 4) is 5.75 Å². The molecule has 1 N–H and O–H groups in total. The number of ether oxygens (including phenoxy) is 1. The molecular formula is C14H16O3. The summed E-state index contributed by atoms with van der Waals surface area (Å²) in [5.41, 5.74) is 3.52. The standard InChI is InChI=1S/C14H16O3/c1-9(14(15)16)7-10-3-4-11-8-12(17-2)5-6-13(10)11/h3,5-6,8-9H,4,7H2,1-2H3,(H,15,16). The smallest absolute Gasteiger partial charge is 0.306 e. The summed E-state index contributed by atoms with van der Waals surface area (Å²) in [4.78, 5) is 10.9. The molecule has 1 unspecified atom stereocenters. The van der Waals surface area contributed by atoms with E-state index in [4.69, 9.17) is 9.84 Å². The van der Waals surface area contributed by atoms with Gasteiger partial charge < -0.3 is 9.84 Å². The van der Waals surface area contributed by atoms with Gasteiger partial charge in [0.15, 0.2) is 0 Å². The summed E-state index contributed by atoms with van der Waals surface area (Å²) in [6, 6.07) is 5.95. The zero-order valence-corrected chi connectivity index (χ0v) is 10.1. The Morgan fingerprint density at radius 3 is 2.94 bits per heavy atom. The molecule has 0 bridgehead atoms. The van der Waals surface area contributed by atoms with E-state index in [0.717, 1.165) is 17.7 Å². The third-order valence-corrected chi connectivity index (χ3v) is 3.17. The van der Waals surface area contributed by atoms with Crippen LogP contribution in [0.25, 0.3) is 5.57 Å². The Hall–Kier alpha value is -1.77. The van der Waals surface area contributed by atoms with Crippen molar-refractivity contribution >= 4 is 11.5 Å². The van der Waals surface area contributed by atoms with Crippen molar-refractivity contribution in [2.45, 2.75) is 19.8 Å². The van der Waals surface area contributed by atoms with Crippen LogP contribution in [0.1, 0.15) is 24.5 Å². The van der Waals surface area contributed by atoms with Crippen molar-refractivity contribution in [2.24, 2.45) is 5.92 Å². The molecular weight excluding hydrogens is 216 g/mol. The molecule has 0 radical (unpaired) electrons. The first-order valence-electron chi connectivity index (χ1n) is 5.71. The van der Waals surface area contributed by atoms with E-state index in [2.05, 4.69) is 6.08 Å². The highest BCUT2D eigenvalue weighted by Crippen LogP contribution is 2.34. The van der Waals surface area contributed by atoms with Gasteiger partial charge in [-0.2, -0.15) is 0 Å². The third-order valence-electron chi connectivity index (χ3n) is 3.17. The van der Waals surface area contributed by atoms with E-state index in [-0.39, 0.29) is 5.92 Å². The van der Waals surface area contributed by atoms with Gasteiger partial charge >= 0.3 is 5.97 Å². The number of carboxylic acids is 1. The van der Waals surface area contributed by atoms with E-state index in [1.165, 1.54) is 11.1 Å². The third kappa shape index (κ3) is 2.33. The highest BCUT2D eigenvalue weighted by Gasteiger charge is 2.19. The monoisotopic (exact) mass is 232 g/mol. The Labute approximate surface area is 101 Å². The maximum Gasteiger partial charge on any atom is 0.306 e. The van der Waals surface area contributed by atoms with Gasteiger partial charge in [-0.1, -0.05) is 19.1 Å². The van der Waals surface area contributed by atoms with E-state index in [0.29, 0.717) is 6.42 Å². The van der Waals surface area contributed by atoms with Gasteiger partial charge in [0.05, 0.1) is 13.0 Å². The number of methoxy groups -OCH3 is 1. The first-order chi connectivity index (χ1) is 8.11. The molecule has 3 nitrogen and oxygen atoms in total. The van der Waals surface area contributed by atoms with Crippen LogP contribution < -0.4 is 4.74 Å². The fraction of sp³-hybridized carbons (Fsp3) is 0.357. The van der Waals surface area contributed by atoms with Crippen LogP contribution in [-0.4, -0.2) is 18.2 Å². The quantitative estimate of drug-likeness (QED) is 0.868. The predicted molar refractivity (Wildman–Crippen MR) is 66.1 cm³/mol. The van der Waals surface area contributed by atoms with Crippen molar-refractivity contribution in [3.63, 3.8) is 0 Å². The summed E-state index contributed by atoms with van der Waals surface area (Å²) >= 11 is 0. The van der Waals surface area contributed by atoms with E-state index in [1.54, 1.807) is 14.0 Å². The average molecular weight is 232 g/mol. The highest BCUT2D eigenvalue weighted by atomic mass is 16.5. The van der Waals surface area contributed by atoms with Crippen LogP contribution in [0.15, 0.2) is 24.3 Å². The summed E-state index contributed by atoms with van der Waals surface area (Å²) in [6.45, 7) is 1.74. The highest BCUT2D eigenvalue weighted by molar-refractivity contribution is 5.78. The molecule has 0 amide bonds. The van der Waals surface area contributed by atoms with Crippen LogP contribution in [-0.2, 0) is 11.2 Å². The lowest BCUT2D eigenvalue weighted by atomic mass is 9.96. The summed E-state index contributed by atoms with van der Waals surface area (Å²) < 4.78 is 5.18. The first kappa shape index (κ1) is 11.7. The normalized spacial score (nSPS) is 15.1. The molecule has 1 aromatic rings. The number of carbonyl (C=O) groups is 1. The Morgan fingerprint density at radius 2 is 2.29 bits per heavy atom. The van der Waals surface area contributed by atoms with Gasteiger partial charge in [-0.05, 0) is 41.7 Å². The van der Waals surface area contributed by atoms with Gasteiger partial charge in [0, 0.05) is 0 Å². The van der Waals surface area contributed by atoms with E-state index in [9.17, 15) is 4.79 Å². The fourth-order valence-corrected chi connectivity index (χ4v) is 2.13. The molecule has 17 heavy (non-hydrogen) atoms. The average Bonchev–Trinajstić information content (AvgIpc) is 2.71. The van der Waals surface area contributed by atoms with Crippen LogP contribution >= 0.6 is 0 Å². The molecule has 1 aliphatic carbocycles. The van der Waals surface area contributed by atoms with E-state index in [1.807, 2.05) is 18.2 Å². The first-order valence-corrected chi connectivity index (χ1v) is 5.71. The zero-order chi connectivity index (χ0) is 12.4. The predicted octanol–water partition coefficient (Wildman–Crippen LogP) is 2.75. The van der Waals surface area contributed by atoms with Gasteiger partial charge in [-0.15, -0.1) is 0 Å². The summed E-state index contributed by atoms with van der Waals surface area (Å²) in [7, 11) is 1.65. The van der Waals surface area contributed by atoms with Crippen molar-refractivity contribution in [2.75, 3.05) is 7.11 Å². The number of allylic oxidation sites excluding steroid dienone is 2. The maximum absolute atomic E-state index is 10.9. The van der Waals surface area contributed by atoms with E-state index >= 15 is 0 Å². The second-order valence-electron chi connectivity index (χ2n) is 4.40. The van der Waals surface area contributed by atoms with Crippen molar-refractivity contribution in [1.82, 2.24) is 0 Å². The minimum atomic E-state index is -0.743. The van der Waals surface area contributed by atoms with Crippen molar-refractivity contribution < 1.29 is 14.6 Å². The number of aliphatic carboxylic acids is 1. The second kappa shape index (κ2) is 4.62. The number of hydrogen-bond acceptors (Lipinski definition) is 2. The zero-order valence-electron chi connectivity index (χ0n) is 10.1. The minimum Gasteiger partial charge on any atom is -0.497 e. The molecule has 0 saturated carbocycles. The molecule has 0 heterocycles. The molecule has 0 fully saturated rings. The molecule has 3 heteroatoms. The molecule has 1 aliphatic rings. The Kier molecular flexibility index (Phi) is 3.18. The number of hydrogen-bond donors (Lipinski definition) is 1. The van der Waals surface area contributed by atoms with Crippen molar-refractivity contribution in [1.29, 1.82) is 0 Å². The number of carboxylic acid groups (broad SMARTS) is 1. The van der Waals surface area contributed by atoms with Crippen LogP contribution in [0.4, 0.5) is 0 Å². The number of fused-ring (bicyclic) bond motifs is 1. The minimum absolute atomic E-state index is 0.339. The molecule has 1 atom stereocenters. The molecule has 0 aliphatic heterocycles. The van der Waals surface area contributed by atoms with Crippen LogP contribution in [0.3, 0.4) is 0 Å². The molecule has 0 aromatic heterocycles. The lowest BCUT2D eigenvalue weighted by Gasteiger charge is -2.10. The Bertz CT molecular complexity index is 474. The Morgan fingerprint density at radius 1 is 1.53 bits per heavy atom. The lowest BCUT2D eigenvalue weighted by Crippen LogP contribution is -2.09. The maximum atomic E-state index is 10.9. The van der Waals surface area contributed by atoms with Gasteiger partial charge in [-0.25, -0.2) is 0 Å². The largest absolute Gasteiger partial charge is 0.497 e.